The van der Waals surface area contributed by atoms with Crippen LogP contribution in [0.1, 0.15) is 39.0 Å². The summed E-state index contributed by atoms with van der Waals surface area (Å²) in [5, 5.41) is 4.70. The Morgan fingerprint density at radius 3 is 2.72 bits per heavy atom. The zero-order chi connectivity index (χ0) is 12.6. The number of pyridine rings is 1. The number of aromatic nitrogens is 1. The number of nitrogens with zero attached hydrogens (tertiary/aromatic N) is 1. The van der Waals surface area contributed by atoms with Crippen molar-refractivity contribution >= 4 is 16.6 Å². The van der Waals surface area contributed by atoms with Crippen molar-refractivity contribution in [3.05, 3.63) is 36.5 Å². The van der Waals surface area contributed by atoms with E-state index in [2.05, 4.69) is 41.5 Å². The zero-order valence-electron chi connectivity index (χ0n) is 11.2. The van der Waals surface area contributed by atoms with Gasteiger partial charge in [0.05, 0.1) is 11.2 Å². The molecule has 0 unspecified atom stereocenters. The third-order valence-corrected chi connectivity index (χ3v) is 3.23. The average Bonchev–Trinajstić information content (AvgIpc) is 2.43. The summed E-state index contributed by atoms with van der Waals surface area (Å²) in [7, 11) is 0. The van der Waals surface area contributed by atoms with E-state index in [1.54, 1.807) is 0 Å². The number of anilines is 1. The number of unbranched alkanes of at least 4 members (excludes halogenated alkanes) is 4. The van der Waals surface area contributed by atoms with Gasteiger partial charge in [0, 0.05) is 18.1 Å². The Morgan fingerprint density at radius 1 is 1.00 bits per heavy atom. The summed E-state index contributed by atoms with van der Waals surface area (Å²) in [6.07, 6.45) is 8.43. The maximum atomic E-state index is 4.45. The van der Waals surface area contributed by atoms with E-state index >= 15 is 0 Å². The minimum absolute atomic E-state index is 1.04. The van der Waals surface area contributed by atoms with Crippen LogP contribution in [0.5, 0.6) is 0 Å². The van der Waals surface area contributed by atoms with Gasteiger partial charge in [0.15, 0.2) is 0 Å². The number of nitrogens with one attached hydrogen (secondary N) is 1. The molecule has 0 aliphatic carbocycles. The molecule has 0 amide bonds. The van der Waals surface area contributed by atoms with Crippen LogP contribution in [0.4, 0.5) is 5.69 Å². The first-order chi connectivity index (χ1) is 8.92. The molecule has 0 saturated carbocycles. The molecule has 0 saturated heterocycles. The monoisotopic (exact) mass is 242 g/mol. The van der Waals surface area contributed by atoms with Crippen LogP contribution in [0, 0.1) is 0 Å². The molecule has 1 aromatic carbocycles. The summed E-state index contributed by atoms with van der Waals surface area (Å²) in [6, 6.07) is 10.4. The molecule has 18 heavy (non-hydrogen) atoms. The minimum Gasteiger partial charge on any atom is -0.383 e. The Hall–Kier alpha value is -1.57. The van der Waals surface area contributed by atoms with E-state index in [4.69, 9.17) is 0 Å². The maximum Gasteiger partial charge on any atom is 0.0933 e. The highest BCUT2D eigenvalue weighted by Crippen LogP contribution is 2.20. The lowest BCUT2D eigenvalue weighted by Crippen LogP contribution is -2.02. The van der Waals surface area contributed by atoms with Crippen LogP contribution in [-0.2, 0) is 0 Å². The summed E-state index contributed by atoms with van der Waals surface area (Å²) in [5.41, 5.74) is 2.23. The molecular weight excluding hydrogens is 220 g/mol. The van der Waals surface area contributed by atoms with Gasteiger partial charge in [0.1, 0.15) is 0 Å². The first kappa shape index (κ1) is 12.9. The lowest BCUT2D eigenvalue weighted by atomic mass is 10.1. The van der Waals surface area contributed by atoms with Gasteiger partial charge in [-0.05, 0) is 18.6 Å². The molecule has 0 radical (unpaired) electrons. The molecule has 0 atom stereocenters. The van der Waals surface area contributed by atoms with Crippen molar-refractivity contribution in [3.8, 4) is 0 Å². The van der Waals surface area contributed by atoms with E-state index in [-0.39, 0.29) is 0 Å². The SMILES string of the molecule is CCCCCCCNc1cccc2cccnc12. The highest BCUT2D eigenvalue weighted by atomic mass is 14.9. The van der Waals surface area contributed by atoms with Gasteiger partial charge in [-0.1, -0.05) is 50.8 Å². The van der Waals surface area contributed by atoms with Crippen LogP contribution in [0.2, 0.25) is 0 Å². The van der Waals surface area contributed by atoms with Crippen LogP contribution < -0.4 is 5.32 Å². The number of benzene rings is 1. The predicted octanol–water partition coefficient (Wildman–Crippen LogP) is 4.62. The average molecular weight is 242 g/mol. The van der Waals surface area contributed by atoms with E-state index in [9.17, 15) is 0 Å². The molecule has 1 N–H and O–H groups in total. The van der Waals surface area contributed by atoms with E-state index < -0.39 is 0 Å². The summed E-state index contributed by atoms with van der Waals surface area (Å²) in [5.74, 6) is 0. The molecule has 0 bridgehead atoms. The van der Waals surface area contributed by atoms with Gasteiger partial charge in [0.2, 0.25) is 0 Å². The van der Waals surface area contributed by atoms with Crippen molar-refractivity contribution in [1.29, 1.82) is 0 Å². The topological polar surface area (TPSA) is 24.9 Å². The Labute approximate surface area is 109 Å². The molecule has 2 rings (SSSR count). The molecule has 2 aromatic rings. The van der Waals surface area contributed by atoms with Gasteiger partial charge in [0.25, 0.3) is 0 Å². The Bertz CT molecular complexity index is 474. The first-order valence-electron chi connectivity index (χ1n) is 6.99. The lowest BCUT2D eigenvalue weighted by Gasteiger charge is -2.08. The quantitative estimate of drug-likeness (QED) is 0.717. The normalized spacial score (nSPS) is 10.7. The summed E-state index contributed by atoms with van der Waals surface area (Å²) < 4.78 is 0. The fourth-order valence-corrected chi connectivity index (χ4v) is 2.20. The van der Waals surface area contributed by atoms with Crippen LogP contribution >= 0.6 is 0 Å². The Balaban J connectivity index is 1.88. The fourth-order valence-electron chi connectivity index (χ4n) is 2.20. The van der Waals surface area contributed by atoms with Crippen LogP contribution in [0.3, 0.4) is 0 Å². The number of rotatable bonds is 7. The number of hydrogen-bond donors (Lipinski definition) is 1. The van der Waals surface area contributed by atoms with Gasteiger partial charge >= 0.3 is 0 Å². The van der Waals surface area contributed by atoms with E-state index in [1.165, 1.54) is 37.5 Å². The highest BCUT2D eigenvalue weighted by molar-refractivity contribution is 5.90. The van der Waals surface area contributed by atoms with Crippen molar-refractivity contribution in [2.75, 3.05) is 11.9 Å². The third-order valence-electron chi connectivity index (χ3n) is 3.23. The van der Waals surface area contributed by atoms with E-state index in [0.717, 1.165) is 17.7 Å². The standard InChI is InChI=1S/C16H22N2/c1-2-3-4-5-6-12-17-15-11-7-9-14-10-8-13-18-16(14)15/h7-11,13,17H,2-6,12H2,1H3. The molecule has 1 aromatic heterocycles. The van der Waals surface area contributed by atoms with Crippen molar-refractivity contribution in [1.82, 2.24) is 4.98 Å². The molecule has 1 heterocycles. The molecule has 2 nitrogen and oxygen atoms in total. The largest absolute Gasteiger partial charge is 0.383 e. The Kier molecular flexibility index (Phi) is 5.00. The smallest absolute Gasteiger partial charge is 0.0933 e. The zero-order valence-corrected chi connectivity index (χ0v) is 11.2. The van der Waals surface area contributed by atoms with Crippen molar-refractivity contribution in [3.63, 3.8) is 0 Å². The summed E-state index contributed by atoms with van der Waals surface area (Å²) in [4.78, 5) is 4.45. The maximum absolute atomic E-state index is 4.45. The summed E-state index contributed by atoms with van der Waals surface area (Å²) in [6.45, 7) is 3.29. The molecule has 0 aliphatic rings. The minimum atomic E-state index is 1.04. The van der Waals surface area contributed by atoms with E-state index in [1.807, 2.05) is 12.3 Å². The van der Waals surface area contributed by atoms with Gasteiger partial charge in [-0.25, -0.2) is 0 Å². The third kappa shape index (κ3) is 3.46. The van der Waals surface area contributed by atoms with Gasteiger partial charge < -0.3 is 5.32 Å². The summed E-state index contributed by atoms with van der Waals surface area (Å²) >= 11 is 0. The van der Waals surface area contributed by atoms with Crippen LogP contribution in [0.15, 0.2) is 36.5 Å². The number of para-hydroxylation sites is 1. The van der Waals surface area contributed by atoms with Crippen molar-refractivity contribution in [2.24, 2.45) is 0 Å². The first-order valence-corrected chi connectivity index (χ1v) is 6.99. The molecule has 0 fully saturated rings. The molecular formula is C16H22N2. The lowest BCUT2D eigenvalue weighted by molar-refractivity contribution is 0.645. The van der Waals surface area contributed by atoms with E-state index in [0.29, 0.717) is 0 Å². The highest BCUT2D eigenvalue weighted by Gasteiger charge is 2.00. The Morgan fingerprint density at radius 2 is 1.83 bits per heavy atom. The second-order valence-electron chi connectivity index (χ2n) is 4.72. The molecule has 0 spiro atoms. The van der Waals surface area contributed by atoms with Gasteiger partial charge in [-0.3, -0.25) is 4.98 Å². The second kappa shape index (κ2) is 7.00. The molecule has 0 aliphatic heterocycles. The predicted molar refractivity (Wildman–Crippen MR) is 79.0 cm³/mol. The van der Waals surface area contributed by atoms with Crippen LogP contribution in [-0.4, -0.2) is 11.5 Å². The number of hydrogen-bond acceptors (Lipinski definition) is 2. The number of fused-ring (bicyclic) bond motifs is 1. The van der Waals surface area contributed by atoms with Gasteiger partial charge in [-0.15, -0.1) is 0 Å². The second-order valence-corrected chi connectivity index (χ2v) is 4.72. The fraction of sp³-hybridized carbons (Fsp3) is 0.438. The van der Waals surface area contributed by atoms with Crippen molar-refractivity contribution in [2.45, 2.75) is 39.0 Å². The van der Waals surface area contributed by atoms with Gasteiger partial charge in [-0.2, -0.15) is 0 Å². The molecule has 2 heteroatoms. The van der Waals surface area contributed by atoms with Crippen LogP contribution in [0.25, 0.3) is 10.9 Å². The van der Waals surface area contributed by atoms with Crippen molar-refractivity contribution < 1.29 is 0 Å². The molecule has 96 valence electrons.